The molecule has 1 N–H and O–H groups in total. The highest BCUT2D eigenvalue weighted by atomic mass is 19.2. The predicted octanol–water partition coefficient (Wildman–Crippen LogP) is 4.74. The SMILES string of the molecule is CCOc1cccc(C2C(C(=O)c3ccco3)=C(O)C(=O)N2c2ccc(F)c(F)c2)c1. The van der Waals surface area contributed by atoms with Crippen molar-refractivity contribution in [3.63, 3.8) is 0 Å². The minimum absolute atomic E-state index is 0.0236. The quantitative estimate of drug-likeness (QED) is 0.577. The van der Waals surface area contributed by atoms with Gasteiger partial charge in [-0.05, 0) is 48.9 Å². The van der Waals surface area contributed by atoms with E-state index in [4.69, 9.17) is 9.15 Å². The van der Waals surface area contributed by atoms with Crippen LogP contribution >= 0.6 is 0 Å². The minimum Gasteiger partial charge on any atom is -0.503 e. The molecule has 1 atom stereocenters. The van der Waals surface area contributed by atoms with Crippen LogP contribution in [-0.4, -0.2) is 23.4 Å². The number of hydrogen-bond acceptors (Lipinski definition) is 5. The second-order valence-corrected chi connectivity index (χ2v) is 6.75. The van der Waals surface area contributed by atoms with Crippen LogP contribution < -0.4 is 9.64 Å². The van der Waals surface area contributed by atoms with Gasteiger partial charge >= 0.3 is 0 Å². The van der Waals surface area contributed by atoms with Crippen molar-refractivity contribution in [2.24, 2.45) is 0 Å². The summed E-state index contributed by atoms with van der Waals surface area (Å²) >= 11 is 0. The van der Waals surface area contributed by atoms with Crippen LogP contribution in [0.4, 0.5) is 14.5 Å². The summed E-state index contributed by atoms with van der Waals surface area (Å²) < 4.78 is 38.1. The summed E-state index contributed by atoms with van der Waals surface area (Å²) in [7, 11) is 0. The Kier molecular flexibility index (Phi) is 5.29. The number of anilines is 1. The molecule has 0 bridgehead atoms. The van der Waals surface area contributed by atoms with E-state index in [9.17, 15) is 23.5 Å². The van der Waals surface area contributed by atoms with Crippen LogP contribution in [0.5, 0.6) is 5.75 Å². The molecule has 158 valence electrons. The number of furan rings is 1. The lowest BCUT2D eigenvalue weighted by molar-refractivity contribution is -0.117. The molecule has 0 saturated heterocycles. The van der Waals surface area contributed by atoms with E-state index < -0.39 is 35.1 Å². The van der Waals surface area contributed by atoms with Gasteiger partial charge in [-0.2, -0.15) is 0 Å². The standard InChI is InChI=1S/C23H17F2NO5/c1-2-30-15-6-3-5-13(11-15)20-19(21(27)18-7-4-10-31-18)22(28)23(29)26(20)14-8-9-16(24)17(25)12-14/h3-12,20,28H,2H2,1H3. The first kappa shape index (κ1) is 20.3. The van der Waals surface area contributed by atoms with Gasteiger partial charge < -0.3 is 14.3 Å². The van der Waals surface area contributed by atoms with Gasteiger partial charge in [0.25, 0.3) is 5.91 Å². The van der Waals surface area contributed by atoms with Gasteiger partial charge in [-0.15, -0.1) is 0 Å². The number of ketones is 1. The maximum absolute atomic E-state index is 13.9. The third-order valence-corrected chi connectivity index (χ3v) is 4.86. The van der Waals surface area contributed by atoms with Gasteiger partial charge in [-0.25, -0.2) is 8.78 Å². The number of aliphatic hydroxyl groups is 1. The van der Waals surface area contributed by atoms with Gasteiger partial charge in [-0.3, -0.25) is 14.5 Å². The summed E-state index contributed by atoms with van der Waals surface area (Å²) in [6.07, 6.45) is 1.29. The summed E-state index contributed by atoms with van der Waals surface area (Å²) in [5, 5.41) is 10.6. The lowest BCUT2D eigenvalue weighted by atomic mass is 9.94. The molecule has 0 radical (unpaired) electrons. The fourth-order valence-corrected chi connectivity index (χ4v) is 3.54. The fourth-order valence-electron chi connectivity index (χ4n) is 3.54. The largest absolute Gasteiger partial charge is 0.503 e. The van der Waals surface area contributed by atoms with Crippen molar-refractivity contribution in [3.8, 4) is 5.75 Å². The zero-order valence-corrected chi connectivity index (χ0v) is 16.3. The second kappa shape index (κ2) is 8.06. The Labute approximate surface area is 176 Å². The van der Waals surface area contributed by atoms with Crippen LogP contribution in [0.15, 0.2) is 76.6 Å². The molecule has 2 heterocycles. The highest BCUT2D eigenvalue weighted by molar-refractivity contribution is 6.20. The Morgan fingerprint density at radius 1 is 1.13 bits per heavy atom. The Morgan fingerprint density at radius 2 is 1.94 bits per heavy atom. The van der Waals surface area contributed by atoms with Gasteiger partial charge in [0.05, 0.1) is 24.5 Å². The number of amides is 1. The van der Waals surface area contributed by atoms with Gasteiger partial charge in [-0.1, -0.05) is 12.1 Å². The highest BCUT2D eigenvalue weighted by Gasteiger charge is 2.45. The van der Waals surface area contributed by atoms with Crippen molar-refractivity contribution < 1.29 is 32.6 Å². The second-order valence-electron chi connectivity index (χ2n) is 6.75. The number of nitrogens with zero attached hydrogens (tertiary/aromatic N) is 1. The summed E-state index contributed by atoms with van der Waals surface area (Å²) in [5.41, 5.74) is 0.172. The van der Waals surface area contributed by atoms with E-state index in [1.54, 1.807) is 31.2 Å². The molecule has 1 unspecified atom stereocenters. The Bertz CT molecular complexity index is 1190. The van der Waals surface area contributed by atoms with Crippen LogP contribution in [-0.2, 0) is 4.79 Å². The van der Waals surface area contributed by atoms with Crippen molar-refractivity contribution in [3.05, 3.63) is 95.2 Å². The van der Waals surface area contributed by atoms with Crippen LogP contribution in [0.2, 0.25) is 0 Å². The molecule has 1 amide bonds. The van der Waals surface area contributed by atoms with Crippen LogP contribution in [0.3, 0.4) is 0 Å². The number of rotatable bonds is 6. The number of carbonyl (C=O) groups excluding carboxylic acids is 2. The first-order chi connectivity index (χ1) is 14.9. The predicted molar refractivity (Wildman–Crippen MR) is 107 cm³/mol. The number of halogens is 2. The Balaban J connectivity index is 1.89. The number of ether oxygens (including phenoxy) is 1. The molecule has 0 fully saturated rings. The fraction of sp³-hybridized carbons (Fsp3) is 0.130. The highest BCUT2D eigenvalue weighted by Crippen LogP contribution is 2.42. The van der Waals surface area contributed by atoms with Gasteiger partial charge in [0.1, 0.15) is 5.75 Å². The number of hydrogen-bond donors (Lipinski definition) is 1. The molecule has 4 rings (SSSR count). The zero-order chi connectivity index (χ0) is 22.1. The van der Waals surface area contributed by atoms with Crippen LogP contribution in [0.25, 0.3) is 0 Å². The molecule has 8 heteroatoms. The number of aliphatic hydroxyl groups excluding tert-OH is 1. The van der Waals surface area contributed by atoms with E-state index in [1.807, 2.05) is 0 Å². The number of benzene rings is 2. The van der Waals surface area contributed by atoms with Crippen molar-refractivity contribution in [2.75, 3.05) is 11.5 Å². The van der Waals surface area contributed by atoms with Crippen LogP contribution in [0, 0.1) is 11.6 Å². The smallest absolute Gasteiger partial charge is 0.294 e. The van der Waals surface area contributed by atoms with E-state index >= 15 is 0 Å². The average Bonchev–Trinajstić information content (AvgIpc) is 3.38. The van der Waals surface area contributed by atoms with Crippen LogP contribution in [0.1, 0.15) is 29.1 Å². The Hall–Kier alpha value is -3.94. The normalized spacial score (nSPS) is 16.2. The molecule has 31 heavy (non-hydrogen) atoms. The molecule has 6 nitrogen and oxygen atoms in total. The van der Waals surface area contributed by atoms with E-state index in [1.165, 1.54) is 24.5 Å². The monoisotopic (exact) mass is 425 g/mol. The maximum atomic E-state index is 13.9. The molecule has 2 aromatic carbocycles. The molecule has 3 aromatic rings. The third-order valence-electron chi connectivity index (χ3n) is 4.86. The van der Waals surface area contributed by atoms with E-state index in [0.717, 1.165) is 17.0 Å². The molecule has 1 aliphatic rings. The average molecular weight is 425 g/mol. The van der Waals surface area contributed by atoms with Crippen molar-refractivity contribution in [1.82, 2.24) is 0 Å². The van der Waals surface area contributed by atoms with Crippen molar-refractivity contribution >= 4 is 17.4 Å². The molecule has 0 aliphatic carbocycles. The summed E-state index contributed by atoms with van der Waals surface area (Å²) in [4.78, 5) is 27.1. The van der Waals surface area contributed by atoms with Crippen molar-refractivity contribution in [2.45, 2.75) is 13.0 Å². The summed E-state index contributed by atoms with van der Waals surface area (Å²) in [5.74, 6) is -4.27. The summed E-state index contributed by atoms with van der Waals surface area (Å²) in [6, 6.07) is 11.3. The summed E-state index contributed by atoms with van der Waals surface area (Å²) in [6.45, 7) is 2.19. The molecular formula is C23H17F2NO5. The first-order valence-corrected chi connectivity index (χ1v) is 9.45. The Morgan fingerprint density at radius 3 is 2.61 bits per heavy atom. The number of Topliss-reactive ketones (excluding diaryl/α,β-unsaturated/α-hetero) is 1. The van der Waals surface area contributed by atoms with E-state index in [2.05, 4.69) is 0 Å². The molecule has 1 aromatic heterocycles. The van der Waals surface area contributed by atoms with Gasteiger partial charge in [0, 0.05) is 11.8 Å². The maximum Gasteiger partial charge on any atom is 0.294 e. The van der Waals surface area contributed by atoms with Gasteiger partial charge in [0.2, 0.25) is 5.78 Å². The molecule has 0 spiro atoms. The first-order valence-electron chi connectivity index (χ1n) is 9.45. The lowest BCUT2D eigenvalue weighted by Gasteiger charge is -2.27. The lowest BCUT2D eigenvalue weighted by Crippen LogP contribution is -2.31. The topological polar surface area (TPSA) is 80.0 Å². The zero-order valence-electron chi connectivity index (χ0n) is 16.3. The van der Waals surface area contributed by atoms with Crippen molar-refractivity contribution in [1.29, 1.82) is 0 Å². The van der Waals surface area contributed by atoms with E-state index in [0.29, 0.717) is 17.9 Å². The molecule has 0 saturated carbocycles. The third kappa shape index (κ3) is 3.56. The minimum atomic E-state index is -1.17. The van der Waals surface area contributed by atoms with Gasteiger partial charge in [0.15, 0.2) is 23.2 Å². The van der Waals surface area contributed by atoms with E-state index in [-0.39, 0.29) is 17.0 Å². The molecule has 1 aliphatic heterocycles. The number of carbonyl (C=O) groups is 2. The molecular weight excluding hydrogens is 408 g/mol.